The molecule has 28 heavy (non-hydrogen) atoms. The molecule has 1 aromatic heterocycles. The second-order valence-electron chi connectivity index (χ2n) is 6.59. The Bertz CT molecular complexity index is 1120. The summed E-state index contributed by atoms with van der Waals surface area (Å²) in [6, 6.07) is 14.0. The van der Waals surface area contributed by atoms with Crippen molar-refractivity contribution in [3.05, 3.63) is 72.1 Å². The Kier molecular flexibility index (Phi) is 5.46. The summed E-state index contributed by atoms with van der Waals surface area (Å²) in [5.74, 6) is -0.186. The molecule has 0 fully saturated rings. The highest BCUT2D eigenvalue weighted by molar-refractivity contribution is 7.92. The first kappa shape index (κ1) is 19.6. The van der Waals surface area contributed by atoms with E-state index in [-0.39, 0.29) is 10.8 Å². The molecule has 0 saturated heterocycles. The highest BCUT2D eigenvalue weighted by atomic mass is 32.2. The lowest BCUT2D eigenvalue weighted by Crippen LogP contribution is -2.13. The van der Waals surface area contributed by atoms with Crippen LogP contribution in [0.15, 0.2) is 65.8 Å². The number of nitrogens with one attached hydrogen (secondary N) is 2. The first-order valence-corrected chi connectivity index (χ1v) is 10.2. The number of aryl methyl sites for hydroxylation is 2. The first-order valence-electron chi connectivity index (χ1n) is 8.68. The van der Waals surface area contributed by atoms with Crippen molar-refractivity contribution in [2.75, 3.05) is 10.0 Å². The SMILES string of the molecule is CC(=O)Nc1cncc(-c2ccc(C)c(NS(=O)(=O)c3ccc(C)cc3)c2)c1. The van der Waals surface area contributed by atoms with Crippen molar-refractivity contribution < 1.29 is 13.2 Å². The Morgan fingerprint density at radius 2 is 1.64 bits per heavy atom. The minimum Gasteiger partial charge on any atom is -0.325 e. The van der Waals surface area contributed by atoms with Gasteiger partial charge in [-0.05, 0) is 49.2 Å². The minimum atomic E-state index is -3.70. The van der Waals surface area contributed by atoms with Gasteiger partial charge in [0.1, 0.15) is 0 Å². The molecule has 1 heterocycles. The van der Waals surface area contributed by atoms with E-state index >= 15 is 0 Å². The zero-order valence-corrected chi connectivity index (χ0v) is 16.7. The molecular weight excluding hydrogens is 374 g/mol. The number of pyridine rings is 1. The summed E-state index contributed by atoms with van der Waals surface area (Å²) >= 11 is 0. The van der Waals surface area contributed by atoms with Gasteiger partial charge in [-0.1, -0.05) is 29.8 Å². The van der Waals surface area contributed by atoms with Gasteiger partial charge < -0.3 is 5.32 Å². The van der Waals surface area contributed by atoms with E-state index in [0.717, 1.165) is 22.3 Å². The van der Waals surface area contributed by atoms with E-state index < -0.39 is 10.0 Å². The van der Waals surface area contributed by atoms with Crippen LogP contribution in [0, 0.1) is 13.8 Å². The van der Waals surface area contributed by atoms with Gasteiger partial charge >= 0.3 is 0 Å². The van der Waals surface area contributed by atoms with Crippen molar-refractivity contribution in [1.82, 2.24) is 4.98 Å². The smallest absolute Gasteiger partial charge is 0.261 e. The number of hydrogen-bond donors (Lipinski definition) is 2. The van der Waals surface area contributed by atoms with Crippen LogP contribution < -0.4 is 10.0 Å². The number of hydrogen-bond acceptors (Lipinski definition) is 4. The maximum Gasteiger partial charge on any atom is 0.261 e. The molecule has 7 heteroatoms. The van der Waals surface area contributed by atoms with E-state index in [1.165, 1.54) is 6.92 Å². The van der Waals surface area contributed by atoms with Gasteiger partial charge in [0.05, 0.1) is 22.5 Å². The fourth-order valence-corrected chi connectivity index (χ4v) is 3.82. The van der Waals surface area contributed by atoms with Crippen molar-refractivity contribution in [2.24, 2.45) is 0 Å². The Morgan fingerprint density at radius 3 is 2.32 bits per heavy atom. The molecule has 3 rings (SSSR count). The fraction of sp³-hybridized carbons (Fsp3) is 0.143. The molecule has 2 N–H and O–H groups in total. The van der Waals surface area contributed by atoms with Crippen LogP contribution >= 0.6 is 0 Å². The van der Waals surface area contributed by atoms with Crippen LogP contribution in [-0.4, -0.2) is 19.3 Å². The van der Waals surface area contributed by atoms with Crippen LogP contribution in [-0.2, 0) is 14.8 Å². The standard InChI is InChI=1S/C21H21N3O3S/c1-14-4-8-20(9-5-14)28(26,27)24-21-11-17(7-6-15(21)2)18-10-19(13-22-12-18)23-16(3)25/h4-13,24H,1-3H3,(H,23,25). The Hall–Kier alpha value is -3.19. The second kappa shape index (κ2) is 7.82. The molecule has 0 saturated carbocycles. The molecule has 0 radical (unpaired) electrons. The van der Waals surface area contributed by atoms with Crippen molar-refractivity contribution in [3.8, 4) is 11.1 Å². The number of amides is 1. The molecule has 0 aliphatic rings. The monoisotopic (exact) mass is 395 g/mol. The van der Waals surface area contributed by atoms with E-state index in [2.05, 4.69) is 15.0 Å². The van der Waals surface area contributed by atoms with E-state index in [1.54, 1.807) is 48.8 Å². The highest BCUT2D eigenvalue weighted by Gasteiger charge is 2.15. The predicted molar refractivity (Wildman–Crippen MR) is 111 cm³/mol. The minimum absolute atomic E-state index is 0.186. The van der Waals surface area contributed by atoms with Crippen LogP contribution in [0.25, 0.3) is 11.1 Å². The predicted octanol–water partition coefficient (Wildman–Crippen LogP) is 4.12. The largest absolute Gasteiger partial charge is 0.325 e. The number of anilines is 2. The van der Waals surface area contributed by atoms with Crippen molar-refractivity contribution in [1.29, 1.82) is 0 Å². The quantitative estimate of drug-likeness (QED) is 0.680. The molecule has 0 aliphatic heterocycles. The number of nitrogens with zero attached hydrogens (tertiary/aromatic N) is 1. The number of carbonyl (C=O) groups is 1. The summed E-state index contributed by atoms with van der Waals surface area (Å²) in [5, 5.41) is 2.69. The van der Waals surface area contributed by atoms with Crippen molar-refractivity contribution in [2.45, 2.75) is 25.7 Å². The molecule has 0 atom stereocenters. The maximum atomic E-state index is 12.7. The fourth-order valence-electron chi connectivity index (χ4n) is 2.70. The molecular formula is C21H21N3O3S. The van der Waals surface area contributed by atoms with Gasteiger partial charge in [-0.2, -0.15) is 0 Å². The molecule has 3 aromatic rings. The molecule has 144 valence electrons. The van der Waals surface area contributed by atoms with Gasteiger partial charge in [0.15, 0.2) is 0 Å². The number of aromatic nitrogens is 1. The molecule has 0 spiro atoms. The summed E-state index contributed by atoms with van der Waals surface area (Å²) in [5.41, 5.74) is 4.40. The average molecular weight is 395 g/mol. The summed E-state index contributed by atoms with van der Waals surface area (Å²) in [6.07, 6.45) is 3.22. The number of carbonyl (C=O) groups excluding carboxylic acids is 1. The van der Waals surface area contributed by atoms with Crippen LogP contribution in [0.5, 0.6) is 0 Å². The lowest BCUT2D eigenvalue weighted by atomic mass is 10.0. The van der Waals surface area contributed by atoms with E-state index in [0.29, 0.717) is 11.4 Å². The number of sulfonamides is 1. The van der Waals surface area contributed by atoms with Crippen LogP contribution in [0.2, 0.25) is 0 Å². The lowest BCUT2D eigenvalue weighted by Gasteiger charge is -2.13. The molecule has 0 aliphatic carbocycles. The summed E-state index contributed by atoms with van der Waals surface area (Å²) in [7, 11) is -3.70. The van der Waals surface area contributed by atoms with Gasteiger partial charge in [-0.3, -0.25) is 14.5 Å². The zero-order chi connectivity index (χ0) is 20.3. The summed E-state index contributed by atoms with van der Waals surface area (Å²) in [4.78, 5) is 15.6. The Labute approximate surface area is 164 Å². The van der Waals surface area contributed by atoms with Crippen molar-refractivity contribution in [3.63, 3.8) is 0 Å². The average Bonchev–Trinajstić information content (AvgIpc) is 2.63. The number of rotatable bonds is 5. The first-order chi connectivity index (χ1) is 13.2. The van der Waals surface area contributed by atoms with Gasteiger partial charge in [-0.25, -0.2) is 8.42 Å². The van der Waals surface area contributed by atoms with Gasteiger partial charge in [0.25, 0.3) is 10.0 Å². The molecule has 2 aromatic carbocycles. The molecule has 0 unspecified atom stereocenters. The third kappa shape index (κ3) is 4.55. The summed E-state index contributed by atoms with van der Waals surface area (Å²) < 4.78 is 28.1. The van der Waals surface area contributed by atoms with E-state index in [9.17, 15) is 13.2 Å². The van der Waals surface area contributed by atoms with Gasteiger partial charge in [0.2, 0.25) is 5.91 Å². The van der Waals surface area contributed by atoms with Crippen molar-refractivity contribution >= 4 is 27.3 Å². The number of benzene rings is 2. The lowest BCUT2D eigenvalue weighted by molar-refractivity contribution is -0.114. The zero-order valence-electron chi connectivity index (χ0n) is 15.9. The van der Waals surface area contributed by atoms with Crippen LogP contribution in [0.4, 0.5) is 11.4 Å². The van der Waals surface area contributed by atoms with E-state index in [4.69, 9.17) is 0 Å². The normalized spacial score (nSPS) is 11.1. The second-order valence-corrected chi connectivity index (χ2v) is 8.27. The Morgan fingerprint density at radius 1 is 0.929 bits per heavy atom. The topological polar surface area (TPSA) is 88.2 Å². The molecule has 0 bridgehead atoms. The molecule has 1 amide bonds. The van der Waals surface area contributed by atoms with E-state index in [1.807, 2.05) is 26.0 Å². The molecule has 6 nitrogen and oxygen atoms in total. The Balaban J connectivity index is 1.94. The van der Waals surface area contributed by atoms with Gasteiger partial charge in [-0.15, -0.1) is 0 Å². The third-order valence-corrected chi connectivity index (χ3v) is 5.59. The highest BCUT2D eigenvalue weighted by Crippen LogP contribution is 2.28. The third-order valence-electron chi connectivity index (χ3n) is 4.21. The maximum absolute atomic E-state index is 12.7. The summed E-state index contributed by atoms with van der Waals surface area (Å²) in [6.45, 7) is 5.17. The van der Waals surface area contributed by atoms with Gasteiger partial charge in [0, 0.05) is 18.7 Å². The van der Waals surface area contributed by atoms with Crippen LogP contribution in [0.3, 0.4) is 0 Å². The van der Waals surface area contributed by atoms with Crippen LogP contribution in [0.1, 0.15) is 18.1 Å².